The van der Waals surface area contributed by atoms with E-state index in [0.717, 1.165) is 34.1 Å². The highest BCUT2D eigenvalue weighted by atomic mass is 19.1. The number of carbonyl (C=O) groups is 4. The Morgan fingerprint density at radius 3 is 2.24 bits per heavy atom. The lowest BCUT2D eigenvalue weighted by Gasteiger charge is -2.30. The minimum atomic E-state index is -1.53. The summed E-state index contributed by atoms with van der Waals surface area (Å²) in [6.07, 6.45) is -2.99. The van der Waals surface area contributed by atoms with Crippen LogP contribution < -0.4 is 10.1 Å². The second-order valence-corrected chi connectivity index (χ2v) is 8.47. The van der Waals surface area contributed by atoms with Gasteiger partial charge in [-0.05, 0) is 48.0 Å². The zero-order valence-corrected chi connectivity index (χ0v) is 19.9. The lowest BCUT2D eigenvalue weighted by Crippen LogP contribution is -2.55. The number of ether oxygens (including phenoxy) is 1. The number of carbonyl (C=O) groups excluding carboxylic acids is 3. The van der Waals surface area contributed by atoms with Gasteiger partial charge in [-0.1, -0.05) is 36.4 Å². The van der Waals surface area contributed by atoms with Gasteiger partial charge in [-0.25, -0.2) is 13.6 Å². The molecule has 0 spiro atoms. The van der Waals surface area contributed by atoms with E-state index >= 15 is 0 Å². The summed E-state index contributed by atoms with van der Waals surface area (Å²) in [6.45, 7) is -0.150. The molecule has 0 saturated carbocycles. The molecule has 0 bridgehead atoms. The molecule has 3 amide bonds. The first kappa shape index (κ1) is 26.3. The lowest BCUT2D eigenvalue weighted by atomic mass is 10.0. The molecule has 4 rings (SSSR count). The lowest BCUT2D eigenvalue weighted by molar-refractivity contribution is -0.138. The van der Waals surface area contributed by atoms with Crippen molar-refractivity contribution < 1.29 is 37.8 Å². The van der Waals surface area contributed by atoms with Crippen molar-refractivity contribution in [3.05, 3.63) is 102 Å². The Hall–Kier alpha value is -4.80. The number of nitrogens with zero attached hydrogens (tertiary/aromatic N) is 2. The van der Waals surface area contributed by atoms with Gasteiger partial charge in [0.25, 0.3) is 11.8 Å². The first-order valence-corrected chi connectivity index (χ1v) is 11.6. The highest BCUT2D eigenvalue weighted by molar-refractivity contribution is 5.99. The van der Waals surface area contributed by atoms with Crippen LogP contribution in [0.25, 0.3) is 0 Å². The maximum Gasteiger partial charge on any atom is 0.417 e. The van der Waals surface area contributed by atoms with E-state index in [4.69, 9.17) is 4.74 Å². The molecule has 2 atom stereocenters. The number of carboxylic acids is 1. The normalized spacial score (nSPS) is 15.6. The molecule has 2 N–H and O–H groups in total. The van der Waals surface area contributed by atoms with E-state index in [2.05, 4.69) is 5.32 Å². The van der Waals surface area contributed by atoms with Crippen LogP contribution in [0.3, 0.4) is 0 Å². The third kappa shape index (κ3) is 6.12. The molecule has 1 saturated heterocycles. The van der Waals surface area contributed by atoms with Crippen LogP contribution in [-0.2, 0) is 9.59 Å². The molecule has 196 valence electrons. The van der Waals surface area contributed by atoms with Gasteiger partial charge in [0, 0.05) is 18.7 Å². The largest absolute Gasteiger partial charge is 0.481 e. The van der Waals surface area contributed by atoms with Crippen molar-refractivity contribution in [2.75, 3.05) is 13.1 Å². The van der Waals surface area contributed by atoms with Crippen molar-refractivity contribution in [3.63, 3.8) is 0 Å². The van der Waals surface area contributed by atoms with E-state index in [9.17, 15) is 33.1 Å². The van der Waals surface area contributed by atoms with Crippen LogP contribution in [0.5, 0.6) is 5.75 Å². The number of aliphatic carboxylic acids is 1. The monoisotopic (exact) mass is 523 g/mol. The summed E-state index contributed by atoms with van der Waals surface area (Å²) in [5.74, 6) is -3.81. The van der Waals surface area contributed by atoms with Crippen molar-refractivity contribution in [1.82, 2.24) is 15.1 Å². The molecule has 9 nitrogen and oxygen atoms in total. The first-order valence-electron chi connectivity index (χ1n) is 11.6. The van der Waals surface area contributed by atoms with Crippen LogP contribution in [-0.4, -0.2) is 58.0 Å². The summed E-state index contributed by atoms with van der Waals surface area (Å²) in [4.78, 5) is 53.5. The number of benzene rings is 3. The SMILES string of the molecule is O=C(O)CC(NC(=O)C1N(C(=O)Oc2ccccc2)CCN1C(=O)c1cccc(F)c1)c1ccc(F)cc1. The Morgan fingerprint density at radius 1 is 0.895 bits per heavy atom. The fourth-order valence-corrected chi connectivity index (χ4v) is 4.12. The predicted octanol–water partition coefficient (Wildman–Crippen LogP) is 3.58. The molecule has 1 aliphatic rings. The Bertz CT molecular complexity index is 1340. The molecule has 0 aromatic heterocycles. The van der Waals surface area contributed by atoms with Gasteiger partial charge in [0.2, 0.25) is 0 Å². The van der Waals surface area contributed by atoms with E-state index in [1.165, 1.54) is 36.4 Å². The predicted molar refractivity (Wildman–Crippen MR) is 130 cm³/mol. The average molecular weight is 523 g/mol. The Morgan fingerprint density at radius 2 is 1.58 bits per heavy atom. The number of rotatable bonds is 7. The highest BCUT2D eigenvalue weighted by Gasteiger charge is 2.44. The van der Waals surface area contributed by atoms with E-state index in [0.29, 0.717) is 5.56 Å². The Balaban J connectivity index is 1.64. The van der Waals surface area contributed by atoms with Gasteiger partial charge in [-0.2, -0.15) is 0 Å². The number of hydrogen-bond acceptors (Lipinski definition) is 5. The Kier molecular flexibility index (Phi) is 7.95. The van der Waals surface area contributed by atoms with Crippen LogP contribution >= 0.6 is 0 Å². The van der Waals surface area contributed by atoms with Crippen LogP contribution in [0.15, 0.2) is 78.9 Å². The molecule has 1 aliphatic heterocycles. The summed E-state index contributed by atoms with van der Waals surface area (Å²) in [6, 6.07) is 16.8. The number of hydrogen-bond donors (Lipinski definition) is 2. The molecule has 11 heteroatoms. The standard InChI is InChI=1S/C27H23F2N3O6/c28-19-11-9-17(10-12-19)22(16-23(33)34)30-24(35)25-31(26(36)18-5-4-6-20(29)15-18)13-14-32(25)27(37)38-21-7-2-1-3-8-21/h1-12,15,22,25H,13-14,16H2,(H,30,35)(H,33,34). The van der Waals surface area contributed by atoms with Gasteiger partial charge in [0.05, 0.1) is 12.5 Å². The molecule has 0 radical (unpaired) electrons. The third-order valence-electron chi connectivity index (χ3n) is 5.89. The van der Waals surface area contributed by atoms with E-state index in [1.807, 2.05) is 0 Å². The molecule has 0 aliphatic carbocycles. The maximum absolute atomic E-state index is 13.8. The van der Waals surface area contributed by atoms with E-state index in [-0.39, 0.29) is 24.4 Å². The smallest absolute Gasteiger partial charge is 0.417 e. The van der Waals surface area contributed by atoms with Crippen molar-refractivity contribution in [2.45, 2.75) is 18.6 Å². The molecular weight excluding hydrogens is 500 g/mol. The summed E-state index contributed by atoms with van der Waals surface area (Å²) in [5.41, 5.74) is 0.267. The molecule has 1 fully saturated rings. The first-order chi connectivity index (χ1) is 18.2. The van der Waals surface area contributed by atoms with Crippen molar-refractivity contribution >= 4 is 23.9 Å². The van der Waals surface area contributed by atoms with Crippen molar-refractivity contribution in [1.29, 1.82) is 0 Å². The number of para-hydroxylation sites is 1. The van der Waals surface area contributed by atoms with Gasteiger partial charge < -0.3 is 20.1 Å². The fraction of sp³-hybridized carbons (Fsp3) is 0.185. The zero-order valence-electron chi connectivity index (χ0n) is 19.9. The molecule has 1 heterocycles. The topological polar surface area (TPSA) is 116 Å². The van der Waals surface area contributed by atoms with Crippen LogP contribution in [0, 0.1) is 11.6 Å². The molecule has 3 aromatic carbocycles. The summed E-state index contributed by atoms with van der Waals surface area (Å²) >= 11 is 0. The van der Waals surface area contributed by atoms with Gasteiger partial charge >= 0.3 is 12.1 Å². The number of amides is 3. The number of nitrogens with one attached hydrogen (secondary N) is 1. The highest BCUT2D eigenvalue weighted by Crippen LogP contribution is 2.24. The van der Waals surface area contributed by atoms with Gasteiger partial charge in [0.1, 0.15) is 17.4 Å². The van der Waals surface area contributed by atoms with Crippen LogP contribution in [0.2, 0.25) is 0 Å². The van der Waals surface area contributed by atoms with E-state index < -0.39 is 54.1 Å². The van der Waals surface area contributed by atoms with Crippen LogP contribution in [0.4, 0.5) is 13.6 Å². The second kappa shape index (κ2) is 11.5. The number of carboxylic acid groups (broad SMARTS) is 1. The fourth-order valence-electron chi connectivity index (χ4n) is 4.12. The molecule has 2 unspecified atom stereocenters. The van der Waals surface area contributed by atoms with Crippen molar-refractivity contribution in [2.24, 2.45) is 0 Å². The second-order valence-electron chi connectivity index (χ2n) is 8.47. The molecular formula is C27H23F2N3O6. The quantitative estimate of drug-likeness (QED) is 0.489. The minimum absolute atomic E-state index is 0.0401. The number of halogens is 2. The Labute approximate surface area is 216 Å². The maximum atomic E-state index is 13.8. The van der Waals surface area contributed by atoms with Gasteiger partial charge in [-0.3, -0.25) is 19.3 Å². The van der Waals surface area contributed by atoms with Crippen molar-refractivity contribution in [3.8, 4) is 5.75 Å². The van der Waals surface area contributed by atoms with E-state index in [1.54, 1.807) is 18.2 Å². The summed E-state index contributed by atoms with van der Waals surface area (Å²) in [5, 5.41) is 12.0. The van der Waals surface area contributed by atoms with Crippen LogP contribution in [0.1, 0.15) is 28.4 Å². The summed E-state index contributed by atoms with van der Waals surface area (Å²) in [7, 11) is 0. The molecule has 3 aromatic rings. The summed E-state index contributed by atoms with van der Waals surface area (Å²) < 4.78 is 32.6. The minimum Gasteiger partial charge on any atom is -0.481 e. The van der Waals surface area contributed by atoms with Gasteiger partial charge in [-0.15, -0.1) is 0 Å². The zero-order chi connectivity index (χ0) is 27.2. The van der Waals surface area contributed by atoms with Gasteiger partial charge in [0.15, 0.2) is 6.17 Å². The third-order valence-corrected chi connectivity index (χ3v) is 5.89. The molecule has 38 heavy (non-hydrogen) atoms. The average Bonchev–Trinajstić information content (AvgIpc) is 3.34.